The van der Waals surface area contributed by atoms with Crippen molar-refractivity contribution in [2.24, 2.45) is 11.8 Å². The zero-order chi connectivity index (χ0) is 24.3. The molecule has 9 heteroatoms. The van der Waals surface area contributed by atoms with Gasteiger partial charge in [0.05, 0.1) is 17.9 Å². The fourth-order valence-corrected chi connectivity index (χ4v) is 4.14. The molecule has 0 unspecified atom stereocenters. The maximum atomic E-state index is 13.5. The molecule has 1 saturated carbocycles. The van der Waals surface area contributed by atoms with E-state index in [0.717, 1.165) is 37.8 Å². The Morgan fingerprint density at radius 3 is 2.27 bits per heavy atom. The molecule has 2 aromatic rings. The number of benzene rings is 1. The molecule has 1 heterocycles. The zero-order valence-electron chi connectivity index (χ0n) is 19.4. The largest absolute Gasteiger partial charge is 0.462 e. The van der Waals surface area contributed by atoms with Gasteiger partial charge < -0.3 is 4.74 Å². The first-order chi connectivity index (χ1) is 15.5. The van der Waals surface area contributed by atoms with Gasteiger partial charge in [-0.25, -0.2) is 9.48 Å². The summed E-state index contributed by atoms with van der Waals surface area (Å²) < 4.78 is 45.3. The van der Waals surface area contributed by atoms with Gasteiger partial charge in [0.15, 0.2) is 5.82 Å². The van der Waals surface area contributed by atoms with E-state index in [0.29, 0.717) is 11.6 Å². The van der Waals surface area contributed by atoms with Crippen LogP contribution >= 0.6 is 0 Å². The van der Waals surface area contributed by atoms with E-state index < -0.39 is 17.7 Å². The van der Waals surface area contributed by atoms with Gasteiger partial charge in [-0.3, -0.25) is 9.69 Å². The van der Waals surface area contributed by atoms with Crippen molar-refractivity contribution in [1.29, 1.82) is 0 Å². The van der Waals surface area contributed by atoms with Crippen LogP contribution in [0.25, 0.3) is 5.69 Å². The number of halogens is 3. The molecule has 0 bridgehead atoms. The van der Waals surface area contributed by atoms with Crippen molar-refractivity contribution in [3.8, 4) is 5.69 Å². The molecule has 1 fully saturated rings. The van der Waals surface area contributed by atoms with E-state index in [1.165, 1.54) is 27.9 Å². The molecule has 3 rings (SSSR count). The minimum Gasteiger partial charge on any atom is -0.462 e. The van der Waals surface area contributed by atoms with E-state index in [4.69, 9.17) is 4.74 Å². The molecule has 1 amide bonds. The standard InChI is InChI=1S/C24H30F3N3O3/c1-5-33-23(32)20-14-29(19-12-10-18(11-13-19)24(25,26)27)28-21(20)30(15(2)3)22(31)17-8-6-16(4)7-9-17/h10-17H,5-9H2,1-4H3/t16-,17-. The van der Waals surface area contributed by atoms with E-state index in [9.17, 15) is 22.8 Å². The second kappa shape index (κ2) is 9.97. The lowest BCUT2D eigenvalue weighted by molar-refractivity contribution is -0.137. The molecule has 1 aromatic heterocycles. The zero-order valence-corrected chi connectivity index (χ0v) is 19.4. The highest BCUT2D eigenvalue weighted by molar-refractivity contribution is 6.02. The van der Waals surface area contributed by atoms with Gasteiger partial charge >= 0.3 is 12.1 Å². The van der Waals surface area contributed by atoms with E-state index in [2.05, 4.69) is 12.0 Å². The summed E-state index contributed by atoms with van der Waals surface area (Å²) >= 11 is 0. The van der Waals surface area contributed by atoms with E-state index >= 15 is 0 Å². The number of carbonyl (C=O) groups excluding carboxylic acids is 2. The first kappa shape index (κ1) is 24.8. The lowest BCUT2D eigenvalue weighted by Gasteiger charge is -2.32. The van der Waals surface area contributed by atoms with Crippen molar-refractivity contribution in [1.82, 2.24) is 9.78 Å². The molecule has 180 valence electrons. The topological polar surface area (TPSA) is 64.4 Å². The lowest BCUT2D eigenvalue weighted by Crippen LogP contribution is -2.43. The summed E-state index contributed by atoms with van der Waals surface area (Å²) in [4.78, 5) is 27.7. The quantitative estimate of drug-likeness (QED) is 0.518. The maximum absolute atomic E-state index is 13.5. The van der Waals surface area contributed by atoms with Crippen LogP contribution in [0.15, 0.2) is 30.5 Å². The second-order valence-corrected chi connectivity index (χ2v) is 8.83. The van der Waals surface area contributed by atoms with Crippen LogP contribution in [0.2, 0.25) is 0 Å². The number of nitrogens with zero attached hydrogens (tertiary/aromatic N) is 3. The van der Waals surface area contributed by atoms with Crippen molar-refractivity contribution in [2.45, 2.75) is 65.6 Å². The molecule has 0 radical (unpaired) electrons. The predicted molar refractivity (Wildman–Crippen MR) is 118 cm³/mol. The third-order valence-corrected chi connectivity index (χ3v) is 6.00. The van der Waals surface area contributed by atoms with Crippen LogP contribution in [0.5, 0.6) is 0 Å². The van der Waals surface area contributed by atoms with Gasteiger partial charge in [0, 0.05) is 18.2 Å². The molecule has 0 N–H and O–H groups in total. The Morgan fingerprint density at radius 1 is 1.15 bits per heavy atom. The molecule has 0 aliphatic heterocycles. The molecule has 0 saturated heterocycles. The molecular weight excluding hydrogens is 435 g/mol. The average Bonchev–Trinajstić information content (AvgIpc) is 3.18. The number of aromatic nitrogens is 2. The van der Waals surface area contributed by atoms with Crippen molar-refractivity contribution >= 4 is 17.7 Å². The summed E-state index contributed by atoms with van der Waals surface area (Å²) in [6.07, 6.45) is 0.430. The minimum absolute atomic E-state index is 0.0971. The highest BCUT2D eigenvalue weighted by Crippen LogP contribution is 2.33. The highest BCUT2D eigenvalue weighted by Gasteiger charge is 2.35. The van der Waals surface area contributed by atoms with Gasteiger partial charge in [-0.05, 0) is 76.6 Å². The summed E-state index contributed by atoms with van der Waals surface area (Å²) in [5.41, 5.74) is -0.347. The molecule has 1 aliphatic carbocycles. The molecule has 33 heavy (non-hydrogen) atoms. The Balaban J connectivity index is 2.01. The van der Waals surface area contributed by atoms with Crippen LogP contribution in [0.1, 0.15) is 69.3 Å². The molecule has 1 aliphatic rings. The minimum atomic E-state index is -4.46. The number of esters is 1. The number of rotatable bonds is 6. The van der Waals surface area contributed by atoms with Crippen molar-refractivity contribution < 1.29 is 27.5 Å². The van der Waals surface area contributed by atoms with Gasteiger partial charge in [-0.1, -0.05) is 6.92 Å². The van der Waals surface area contributed by atoms with E-state index in [1.807, 2.05) is 13.8 Å². The SMILES string of the molecule is CCOC(=O)c1cn(-c2ccc(C(F)(F)F)cc2)nc1N(C(=O)[C@H]1CC[C@H](C)CC1)C(C)C. The highest BCUT2D eigenvalue weighted by atomic mass is 19.4. The van der Waals surface area contributed by atoms with Crippen LogP contribution in [0, 0.1) is 11.8 Å². The summed E-state index contributed by atoms with van der Waals surface area (Å²) in [6, 6.07) is 4.18. The molecular formula is C24H30F3N3O3. The van der Waals surface area contributed by atoms with Crippen LogP contribution in [-0.2, 0) is 15.7 Å². The van der Waals surface area contributed by atoms with Crippen molar-refractivity contribution in [3.63, 3.8) is 0 Å². The van der Waals surface area contributed by atoms with Gasteiger partial charge in [0.2, 0.25) is 5.91 Å². The Morgan fingerprint density at radius 2 is 1.76 bits per heavy atom. The van der Waals surface area contributed by atoms with Gasteiger partial charge in [-0.2, -0.15) is 13.2 Å². The average molecular weight is 466 g/mol. The summed E-state index contributed by atoms with van der Waals surface area (Å²) in [5.74, 6) is -0.154. The normalized spacial score (nSPS) is 18.9. The number of alkyl halides is 3. The first-order valence-electron chi connectivity index (χ1n) is 11.3. The Hall–Kier alpha value is -2.84. The predicted octanol–water partition coefficient (Wildman–Crippen LogP) is 5.64. The molecule has 0 spiro atoms. The third kappa shape index (κ3) is 5.57. The number of amides is 1. The Labute approximate surface area is 191 Å². The van der Waals surface area contributed by atoms with Gasteiger partial charge in [0.25, 0.3) is 0 Å². The third-order valence-electron chi connectivity index (χ3n) is 6.00. The summed E-state index contributed by atoms with van der Waals surface area (Å²) in [7, 11) is 0. The fraction of sp³-hybridized carbons (Fsp3) is 0.542. The Bertz CT molecular complexity index is 975. The van der Waals surface area contributed by atoms with Crippen LogP contribution in [-0.4, -0.2) is 34.3 Å². The molecule has 0 atom stereocenters. The lowest BCUT2D eigenvalue weighted by atomic mass is 9.82. The van der Waals surface area contributed by atoms with E-state index in [-0.39, 0.29) is 35.9 Å². The number of hydrogen-bond donors (Lipinski definition) is 0. The number of hydrogen-bond acceptors (Lipinski definition) is 4. The molecule has 1 aromatic carbocycles. The first-order valence-corrected chi connectivity index (χ1v) is 11.3. The van der Waals surface area contributed by atoms with Crippen LogP contribution in [0.3, 0.4) is 0 Å². The number of anilines is 1. The second-order valence-electron chi connectivity index (χ2n) is 8.83. The number of ether oxygens (including phenoxy) is 1. The summed E-state index contributed by atoms with van der Waals surface area (Å²) in [5, 5.41) is 4.47. The van der Waals surface area contributed by atoms with Crippen molar-refractivity contribution in [2.75, 3.05) is 11.5 Å². The monoisotopic (exact) mass is 465 g/mol. The van der Waals surface area contributed by atoms with Crippen molar-refractivity contribution in [3.05, 3.63) is 41.6 Å². The smallest absolute Gasteiger partial charge is 0.416 e. The molecule has 6 nitrogen and oxygen atoms in total. The fourth-order valence-electron chi connectivity index (χ4n) is 4.14. The van der Waals surface area contributed by atoms with Gasteiger partial charge in [0.1, 0.15) is 5.56 Å². The van der Waals surface area contributed by atoms with Gasteiger partial charge in [-0.15, -0.1) is 5.10 Å². The van der Waals surface area contributed by atoms with E-state index in [1.54, 1.807) is 6.92 Å². The Kier molecular flexibility index (Phi) is 7.49. The number of carbonyl (C=O) groups is 2. The maximum Gasteiger partial charge on any atom is 0.416 e. The summed E-state index contributed by atoms with van der Waals surface area (Å²) in [6.45, 7) is 7.67. The van der Waals surface area contributed by atoms with Crippen LogP contribution in [0.4, 0.5) is 19.0 Å². The van der Waals surface area contributed by atoms with Crippen LogP contribution < -0.4 is 4.90 Å².